The predicted molar refractivity (Wildman–Crippen MR) is 176 cm³/mol. The molecule has 2 fully saturated rings. The molecule has 1 unspecified atom stereocenters. The van der Waals surface area contributed by atoms with Crippen molar-refractivity contribution in [3.8, 4) is 5.75 Å². The van der Waals surface area contributed by atoms with E-state index in [1.807, 2.05) is 38.4 Å². The van der Waals surface area contributed by atoms with Gasteiger partial charge in [-0.25, -0.2) is 4.79 Å². The molecule has 1 amide bonds. The van der Waals surface area contributed by atoms with Gasteiger partial charge in [0, 0.05) is 58.4 Å². The highest BCUT2D eigenvalue weighted by Gasteiger charge is 2.33. The number of carboxylic acids is 1. The molecule has 2 saturated heterocycles. The van der Waals surface area contributed by atoms with Crippen molar-refractivity contribution in [2.75, 3.05) is 72.5 Å². The van der Waals surface area contributed by atoms with E-state index in [2.05, 4.69) is 41.0 Å². The third-order valence-electron chi connectivity index (χ3n) is 8.05. The van der Waals surface area contributed by atoms with Crippen molar-refractivity contribution in [3.63, 3.8) is 0 Å². The Morgan fingerprint density at radius 3 is 2.34 bits per heavy atom. The molecule has 1 aromatic rings. The molecular formula is C32H46BrN5O6. The first-order valence-electron chi connectivity index (χ1n) is 14.8. The summed E-state index contributed by atoms with van der Waals surface area (Å²) in [5, 5.41) is 17.9. The predicted octanol–water partition coefficient (Wildman–Crippen LogP) is 3.29. The highest BCUT2D eigenvalue weighted by molar-refractivity contribution is 8.93. The molecule has 0 saturated carbocycles. The van der Waals surface area contributed by atoms with Crippen molar-refractivity contribution in [2.24, 2.45) is 11.0 Å². The van der Waals surface area contributed by atoms with Crippen LogP contribution in [0.5, 0.6) is 5.75 Å². The lowest BCUT2D eigenvalue weighted by molar-refractivity contribution is -0.144. The normalized spacial score (nSPS) is 19.9. The summed E-state index contributed by atoms with van der Waals surface area (Å²) in [6, 6.07) is 3.89. The fourth-order valence-corrected chi connectivity index (χ4v) is 5.92. The van der Waals surface area contributed by atoms with Gasteiger partial charge in [0.15, 0.2) is 5.78 Å². The standard InChI is InChI=1S/C32H45N5O6.BrH/c1-32(2,3)25-13-20(15-27(30(25)42-7)37-10-8-23(9-11-37)43-19-29(39)40)28(38)18-36-16-21-12-24(31(41)33-4)26(34-35(5)6)14-22(21)17-36;/h12-15,23-24H,8-11,16-19H2,1-7H3,(H,33,41)(H,39,40);1H. The summed E-state index contributed by atoms with van der Waals surface area (Å²) in [5.41, 5.74) is 5.00. The van der Waals surface area contributed by atoms with Gasteiger partial charge in [-0.05, 0) is 47.6 Å². The van der Waals surface area contributed by atoms with Crippen molar-refractivity contribution in [1.82, 2.24) is 15.2 Å². The Kier molecular flexibility index (Phi) is 11.8. The number of halogens is 1. The number of allylic oxidation sites excluding steroid dienone is 1. The van der Waals surface area contributed by atoms with Crippen LogP contribution in [0.2, 0.25) is 0 Å². The summed E-state index contributed by atoms with van der Waals surface area (Å²) < 4.78 is 11.5. The number of anilines is 1. The molecule has 12 heteroatoms. The molecule has 1 aliphatic carbocycles. The molecule has 4 rings (SSSR count). The Bertz CT molecular complexity index is 1340. The zero-order chi connectivity index (χ0) is 31.5. The first-order valence-corrected chi connectivity index (χ1v) is 14.8. The van der Waals surface area contributed by atoms with Gasteiger partial charge >= 0.3 is 5.97 Å². The fourth-order valence-electron chi connectivity index (χ4n) is 5.92. The minimum absolute atomic E-state index is 0. The number of nitrogens with one attached hydrogen (secondary N) is 1. The average molecular weight is 677 g/mol. The number of likely N-dealkylation sites (tertiary alicyclic amines) is 1. The van der Waals surface area contributed by atoms with Crippen LogP contribution < -0.4 is 15.0 Å². The molecule has 0 aromatic heterocycles. The minimum Gasteiger partial charge on any atom is -0.494 e. The Labute approximate surface area is 270 Å². The van der Waals surface area contributed by atoms with Crippen molar-refractivity contribution in [2.45, 2.75) is 45.1 Å². The van der Waals surface area contributed by atoms with E-state index >= 15 is 0 Å². The molecule has 0 spiro atoms. The van der Waals surface area contributed by atoms with Crippen molar-refractivity contribution < 1.29 is 29.0 Å². The van der Waals surface area contributed by atoms with E-state index in [-0.39, 0.29) is 53.3 Å². The molecular weight excluding hydrogens is 630 g/mol. The highest BCUT2D eigenvalue weighted by atomic mass is 79.9. The largest absolute Gasteiger partial charge is 0.494 e. The van der Waals surface area contributed by atoms with Gasteiger partial charge in [-0.15, -0.1) is 17.0 Å². The number of carboxylic acid groups (broad SMARTS) is 1. The number of amides is 1. The van der Waals surface area contributed by atoms with Crippen molar-refractivity contribution in [3.05, 3.63) is 46.6 Å². The molecule has 11 nitrogen and oxygen atoms in total. The zero-order valence-corrected chi connectivity index (χ0v) is 28.5. The maximum absolute atomic E-state index is 13.8. The summed E-state index contributed by atoms with van der Waals surface area (Å²) in [4.78, 5) is 41.7. The first kappa shape index (κ1) is 35.3. The van der Waals surface area contributed by atoms with Crippen LogP contribution in [0.4, 0.5) is 5.69 Å². The highest BCUT2D eigenvalue weighted by Crippen LogP contribution is 2.41. The number of piperidine rings is 1. The Balaban J connectivity index is 0.00000529. The van der Waals surface area contributed by atoms with E-state index in [0.717, 1.165) is 28.1 Å². The molecule has 2 N–H and O–H groups in total. The molecule has 1 aromatic carbocycles. The van der Waals surface area contributed by atoms with E-state index in [9.17, 15) is 14.4 Å². The lowest BCUT2D eigenvalue weighted by Crippen LogP contribution is -2.38. The van der Waals surface area contributed by atoms with Gasteiger partial charge in [0.25, 0.3) is 0 Å². The summed E-state index contributed by atoms with van der Waals surface area (Å²) in [5.74, 6) is -0.790. The number of benzene rings is 1. The zero-order valence-electron chi connectivity index (χ0n) is 26.8. The second-order valence-corrected chi connectivity index (χ2v) is 12.6. The van der Waals surface area contributed by atoms with Gasteiger partial charge in [0.2, 0.25) is 5.91 Å². The van der Waals surface area contributed by atoms with Gasteiger partial charge < -0.3 is 29.8 Å². The van der Waals surface area contributed by atoms with E-state index < -0.39 is 11.9 Å². The molecule has 44 heavy (non-hydrogen) atoms. The number of ether oxygens (including phenoxy) is 2. The second kappa shape index (κ2) is 14.7. The summed E-state index contributed by atoms with van der Waals surface area (Å²) in [6.07, 6.45) is 5.21. The number of nitrogens with zero attached hydrogens (tertiary/aromatic N) is 4. The summed E-state index contributed by atoms with van der Waals surface area (Å²) >= 11 is 0. The molecule has 2 aliphatic heterocycles. The summed E-state index contributed by atoms with van der Waals surface area (Å²) in [7, 11) is 6.94. The number of hydrazone groups is 1. The van der Waals surface area contributed by atoms with Gasteiger partial charge in [-0.2, -0.15) is 5.10 Å². The van der Waals surface area contributed by atoms with Crippen LogP contribution in [0.25, 0.3) is 0 Å². The number of fused-ring (bicyclic) bond motifs is 1. The van der Waals surface area contributed by atoms with Crippen LogP contribution in [0.15, 0.2) is 40.5 Å². The van der Waals surface area contributed by atoms with Crippen LogP contribution in [0.3, 0.4) is 0 Å². The van der Waals surface area contributed by atoms with Crippen LogP contribution in [0, 0.1) is 5.92 Å². The van der Waals surface area contributed by atoms with Gasteiger partial charge in [-0.1, -0.05) is 26.8 Å². The topological polar surface area (TPSA) is 124 Å². The molecule has 3 aliphatic rings. The van der Waals surface area contributed by atoms with Gasteiger partial charge in [0.1, 0.15) is 18.3 Å². The van der Waals surface area contributed by atoms with Gasteiger partial charge in [0.05, 0.1) is 31.2 Å². The number of aliphatic carboxylic acids is 1. The van der Waals surface area contributed by atoms with Crippen LogP contribution in [-0.4, -0.2) is 112 Å². The third kappa shape index (κ3) is 8.28. The lowest BCUT2D eigenvalue weighted by Gasteiger charge is -2.36. The molecule has 1 atom stereocenters. The van der Waals surface area contributed by atoms with Crippen LogP contribution >= 0.6 is 17.0 Å². The first-order chi connectivity index (χ1) is 20.3. The Morgan fingerprint density at radius 1 is 1.11 bits per heavy atom. The van der Waals surface area contributed by atoms with Gasteiger partial charge in [-0.3, -0.25) is 14.5 Å². The smallest absolute Gasteiger partial charge is 0.329 e. The second-order valence-electron chi connectivity index (χ2n) is 12.6. The molecule has 242 valence electrons. The average Bonchev–Trinajstić information content (AvgIpc) is 3.34. The third-order valence-corrected chi connectivity index (χ3v) is 8.05. The van der Waals surface area contributed by atoms with E-state index in [4.69, 9.17) is 14.6 Å². The minimum atomic E-state index is -0.969. The number of hydrogen-bond donors (Lipinski definition) is 2. The van der Waals surface area contributed by atoms with Crippen molar-refractivity contribution in [1.29, 1.82) is 0 Å². The number of hydrogen-bond acceptors (Lipinski definition) is 9. The fraction of sp³-hybridized carbons (Fsp3) is 0.562. The van der Waals surface area contributed by atoms with Crippen LogP contribution in [0.1, 0.15) is 49.5 Å². The molecule has 2 heterocycles. The van der Waals surface area contributed by atoms with Crippen molar-refractivity contribution >= 4 is 46.0 Å². The number of carbonyl (C=O) groups is 3. The summed E-state index contributed by atoms with van der Waals surface area (Å²) in [6.45, 7) is 8.77. The molecule has 0 bridgehead atoms. The van der Waals surface area contributed by atoms with E-state index in [1.54, 1.807) is 19.2 Å². The quantitative estimate of drug-likeness (QED) is 0.284. The number of methoxy groups -OCH3 is 1. The number of carbonyl (C=O) groups excluding carboxylic acids is 2. The number of Topliss-reactive ketones (excluding diaryl/α,β-unsaturated/α-hetero) is 1. The SMILES string of the molecule is Br.CNC(=O)C1C=C2CN(CC(=O)c3cc(N4CCC(OCC(=O)O)CC4)c(OC)c(C(C)(C)C)c3)CC2=CC1=NN(C)C. The Morgan fingerprint density at radius 2 is 1.77 bits per heavy atom. The number of rotatable bonds is 10. The maximum atomic E-state index is 13.8. The maximum Gasteiger partial charge on any atom is 0.329 e. The molecule has 0 radical (unpaired) electrons. The van der Waals surface area contributed by atoms with Crippen LogP contribution in [-0.2, 0) is 19.7 Å². The lowest BCUT2D eigenvalue weighted by atomic mass is 9.84. The number of ketones is 1. The van der Waals surface area contributed by atoms with E-state index in [0.29, 0.717) is 50.3 Å². The Hall–Kier alpha value is -3.22. The van der Waals surface area contributed by atoms with E-state index in [1.165, 1.54) is 0 Å². The monoisotopic (exact) mass is 675 g/mol.